The number of anilines is 1. The Bertz CT molecular complexity index is 1310. The van der Waals surface area contributed by atoms with E-state index in [-0.39, 0.29) is 4.91 Å². The molecule has 1 aromatic heterocycles. The topological polar surface area (TPSA) is 80.6 Å². The zero-order valence-electron chi connectivity index (χ0n) is 18.8. The summed E-state index contributed by atoms with van der Waals surface area (Å²) in [7, 11) is 1.62. The Kier molecular flexibility index (Phi) is 6.81. The molecule has 3 amide bonds. The van der Waals surface area contributed by atoms with E-state index < -0.39 is 23.6 Å². The normalized spacial score (nSPS) is 14.7. The number of halogens is 1. The second-order valence-corrected chi connectivity index (χ2v) is 9.06. The molecule has 3 aromatic rings. The Morgan fingerprint density at radius 1 is 1.12 bits per heavy atom. The van der Waals surface area contributed by atoms with Crippen LogP contribution in [0.4, 0.5) is 10.5 Å². The largest absolute Gasteiger partial charge is 0.497 e. The smallest absolute Gasteiger partial charge is 0.294 e. The molecule has 7 nitrogen and oxygen atoms in total. The van der Waals surface area contributed by atoms with Crippen molar-refractivity contribution < 1.29 is 19.1 Å². The third-order valence-corrected chi connectivity index (χ3v) is 6.65. The number of para-hydroxylation sites is 1. The first-order chi connectivity index (χ1) is 16.3. The Hall–Kier alpha value is -3.49. The van der Waals surface area contributed by atoms with Crippen molar-refractivity contribution in [3.63, 3.8) is 0 Å². The second kappa shape index (κ2) is 9.79. The van der Waals surface area contributed by atoms with Crippen LogP contribution in [-0.2, 0) is 9.59 Å². The van der Waals surface area contributed by atoms with Crippen LogP contribution in [0.1, 0.15) is 17.0 Å². The number of imide groups is 1. The van der Waals surface area contributed by atoms with Crippen LogP contribution >= 0.6 is 23.4 Å². The van der Waals surface area contributed by atoms with Crippen molar-refractivity contribution in [3.8, 4) is 11.4 Å². The number of nitrogens with zero attached hydrogens (tertiary/aromatic N) is 2. The molecule has 0 atom stereocenters. The van der Waals surface area contributed by atoms with Gasteiger partial charge in [-0.05, 0) is 79.7 Å². The molecule has 34 heavy (non-hydrogen) atoms. The van der Waals surface area contributed by atoms with E-state index in [0.29, 0.717) is 10.7 Å². The van der Waals surface area contributed by atoms with Gasteiger partial charge in [0, 0.05) is 17.1 Å². The molecule has 1 aliphatic heterocycles. The lowest BCUT2D eigenvalue weighted by atomic mass is 10.2. The summed E-state index contributed by atoms with van der Waals surface area (Å²) in [5.74, 6) is -0.244. The zero-order valence-corrected chi connectivity index (χ0v) is 20.4. The lowest BCUT2D eigenvalue weighted by Crippen LogP contribution is -2.36. The van der Waals surface area contributed by atoms with Crippen LogP contribution in [-0.4, -0.2) is 40.2 Å². The van der Waals surface area contributed by atoms with E-state index in [1.54, 1.807) is 37.5 Å². The van der Waals surface area contributed by atoms with Crippen LogP contribution in [0.2, 0.25) is 5.02 Å². The fraction of sp³-hybridized carbons (Fsp3) is 0.160. The van der Waals surface area contributed by atoms with E-state index in [2.05, 4.69) is 9.88 Å². The van der Waals surface area contributed by atoms with E-state index >= 15 is 0 Å². The van der Waals surface area contributed by atoms with Gasteiger partial charge < -0.3 is 14.6 Å². The molecule has 4 rings (SSSR count). The average Bonchev–Trinajstić information content (AvgIpc) is 3.24. The highest BCUT2D eigenvalue weighted by molar-refractivity contribution is 8.18. The summed E-state index contributed by atoms with van der Waals surface area (Å²) in [6, 6.07) is 16.4. The summed E-state index contributed by atoms with van der Waals surface area (Å²) in [6.07, 6.45) is 1.69. The number of carbonyl (C=O) groups excluding carboxylic acids is 3. The first kappa shape index (κ1) is 23.7. The van der Waals surface area contributed by atoms with Gasteiger partial charge >= 0.3 is 0 Å². The van der Waals surface area contributed by atoms with E-state index in [9.17, 15) is 14.4 Å². The van der Waals surface area contributed by atoms with E-state index in [0.717, 1.165) is 45.1 Å². The molecule has 0 saturated carbocycles. The maximum atomic E-state index is 12.9. The Balaban J connectivity index is 1.53. The fourth-order valence-electron chi connectivity index (χ4n) is 3.74. The number of hydrogen-bond donors (Lipinski definition) is 1. The molecule has 0 radical (unpaired) electrons. The monoisotopic (exact) mass is 495 g/mol. The number of benzene rings is 2. The SMILES string of the molecule is COc1ccc(-n2c(C)cc(/C=C3/SC(=O)N(CC(=O)Nc4ccccc4Cl)C3=O)c2C)cc1. The van der Waals surface area contributed by atoms with E-state index in [4.69, 9.17) is 16.3 Å². The Labute approximate surface area is 206 Å². The van der Waals surface area contributed by atoms with Gasteiger partial charge in [-0.2, -0.15) is 0 Å². The van der Waals surface area contributed by atoms with Crippen LogP contribution in [0.25, 0.3) is 11.8 Å². The molecule has 0 aliphatic carbocycles. The number of hydrogen-bond acceptors (Lipinski definition) is 5. The molecular formula is C25H22ClN3O4S. The molecular weight excluding hydrogens is 474 g/mol. The molecule has 0 bridgehead atoms. The molecule has 1 N–H and O–H groups in total. The summed E-state index contributed by atoms with van der Waals surface area (Å²) in [4.78, 5) is 39.0. The lowest BCUT2D eigenvalue weighted by Gasteiger charge is -2.13. The minimum absolute atomic E-state index is 0.269. The van der Waals surface area contributed by atoms with Crippen molar-refractivity contribution in [2.45, 2.75) is 13.8 Å². The summed E-state index contributed by atoms with van der Waals surface area (Å²) in [5.41, 5.74) is 4.10. The molecule has 174 valence electrons. The van der Waals surface area contributed by atoms with Gasteiger partial charge in [-0.15, -0.1) is 0 Å². The van der Waals surface area contributed by atoms with Crippen molar-refractivity contribution >= 4 is 52.2 Å². The van der Waals surface area contributed by atoms with Crippen LogP contribution in [0.5, 0.6) is 5.75 Å². The maximum Gasteiger partial charge on any atom is 0.294 e. The zero-order chi connectivity index (χ0) is 24.4. The van der Waals surface area contributed by atoms with Gasteiger partial charge in [0.1, 0.15) is 12.3 Å². The third kappa shape index (κ3) is 4.73. The number of rotatable bonds is 6. The number of carbonyl (C=O) groups is 3. The van der Waals surface area contributed by atoms with Gasteiger partial charge in [0.15, 0.2) is 0 Å². The molecule has 0 unspecified atom stereocenters. The van der Waals surface area contributed by atoms with Crippen LogP contribution in [0.3, 0.4) is 0 Å². The van der Waals surface area contributed by atoms with Crippen molar-refractivity contribution in [1.29, 1.82) is 0 Å². The standard InChI is InChI=1S/C25H22ClN3O4S/c1-15-12-17(16(2)29(15)18-8-10-19(33-3)11-9-18)13-22-24(31)28(25(32)34-22)14-23(30)27-21-7-5-4-6-20(21)26/h4-13H,14H2,1-3H3,(H,27,30)/b22-13+. The van der Waals surface area contributed by atoms with Crippen molar-refractivity contribution in [1.82, 2.24) is 9.47 Å². The van der Waals surface area contributed by atoms with Crippen LogP contribution in [0.15, 0.2) is 59.5 Å². The minimum atomic E-state index is -0.505. The Morgan fingerprint density at radius 2 is 1.82 bits per heavy atom. The first-order valence-corrected chi connectivity index (χ1v) is 11.6. The summed E-state index contributed by atoms with van der Waals surface area (Å²) in [6.45, 7) is 3.53. The number of methoxy groups -OCH3 is 1. The molecule has 2 aromatic carbocycles. The average molecular weight is 496 g/mol. The highest BCUT2D eigenvalue weighted by Crippen LogP contribution is 2.34. The molecule has 1 fully saturated rings. The third-order valence-electron chi connectivity index (χ3n) is 5.41. The van der Waals surface area contributed by atoms with Gasteiger partial charge in [-0.25, -0.2) is 0 Å². The molecule has 0 spiro atoms. The Morgan fingerprint density at radius 3 is 2.50 bits per heavy atom. The lowest BCUT2D eigenvalue weighted by molar-refractivity contribution is -0.127. The van der Waals surface area contributed by atoms with Crippen molar-refractivity contribution in [2.24, 2.45) is 0 Å². The van der Waals surface area contributed by atoms with Crippen LogP contribution in [0, 0.1) is 13.8 Å². The molecule has 2 heterocycles. The van der Waals surface area contributed by atoms with Gasteiger partial charge in [0.25, 0.3) is 11.1 Å². The van der Waals surface area contributed by atoms with Gasteiger partial charge in [0.2, 0.25) is 5.91 Å². The maximum absolute atomic E-state index is 12.9. The van der Waals surface area contributed by atoms with E-state index in [1.807, 2.05) is 44.2 Å². The predicted molar refractivity (Wildman–Crippen MR) is 135 cm³/mol. The predicted octanol–water partition coefficient (Wildman–Crippen LogP) is 5.43. The second-order valence-electron chi connectivity index (χ2n) is 7.66. The van der Waals surface area contributed by atoms with Crippen molar-refractivity contribution in [3.05, 3.63) is 81.5 Å². The summed E-state index contributed by atoms with van der Waals surface area (Å²) in [5, 5.41) is 2.51. The van der Waals surface area contributed by atoms with E-state index in [1.165, 1.54) is 0 Å². The highest BCUT2D eigenvalue weighted by atomic mass is 35.5. The number of aromatic nitrogens is 1. The number of aryl methyl sites for hydroxylation is 1. The summed E-state index contributed by atoms with van der Waals surface area (Å²) < 4.78 is 7.29. The molecule has 1 aliphatic rings. The van der Waals surface area contributed by atoms with Crippen molar-refractivity contribution in [2.75, 3.05) is 19.0 Å². The van der Waals surface area contributed by atoms with Gasteiger partial charge in [0.05, 0.1) is 22.7 Å². The molecule has 9 heteroatoms. The molecule has 1 saturated heterocycles. The van der Waals surface area contributed by atoms with Gasteiger partial charge in [-0.1, -0.05) is 23.7 Å². The van der Waals surface area contributed by atoms with Crippen LogP contribution < -0.4 is 10.1 Å². The van der Waals surface area contributed by atoms with Gasteiger partial charge in [-0.3, -0.25) is 19.3 Å². The number of nitrogens with one attached hydrogen (secondary N) is 1. The number of ether oxygens (including phenoxy) is 1. The minimum Gasteiger partial charge on any atom is -0.497 e. The first-order valence-electron chi connectivity index (χ1n) is 10.4. The number of thioether (sulfide) groups is 1. The quantitative estimate of drug-likeness (QED) is 0.461. The number of amides is 3. The highest BCUT2D eigenvalue weighted by Gasteiger charge is 2.36. The fourth-order valence-corrected chi connectivity index (χ4v) is 4.75. The summed E-state index contributed by atoms with van der Waals surface area (Å²) >= 11 is 6.88.